The number of fused-ring (bicyclic) bond motifs is 2. The van der Waals surface area contributed by atoms with Crippen LogP contribution in [0.3, 0.4) is 0 Å². The maximum absolute atomic E-state index is 12.8. The van der Waals surface area contributed by atoms with Crippen LogP contribution in [0.25, 0.3) is 20.4 Å². The van der Waals surface area contributed by atoms with E-state index in [1.807, 2.05) is 22.8 Å². The SMILES string of the molecule is COCCn1c(=NC(=O)c2ccc3ncsc3c2)sc2ccc(Cl)c(Cl)c21. The van der Waals surface area contributed by atoms with Crippen molar-refractivity contribution < 1.29 is 9.53 Å². The molecule has 0 atom stereocenters. The van der Waals surface area contributed by atoms with E-state index >= 15 is 0 Å². The monoisotopic (exact) mass is 437 g/mol. The minimum absolute atomic E-state index is 0.315. The van der Waals surface area contributed by atoms with Gasteiger partial charge in [-0.05, 0) is 30.3 Å². The molecule has 1 amide bonds. The Balaban J connectivity index is 1.85. The molecule has 5 nitrogen and oxygen atoms in total. The minimum atomic E-state index is -0.315. The Bertz CT molecular complexity index is 1230. The van der Waals surface area contributed by atoms with Crippen molar-refractivity contribution in [3.63, 3.8) is 0 Å². The van der Waals surface area contributed by atoms with Crippen molar-refractivity contribution in [2.24, 2.45) is 4.99 Å². The number of carbonyl (C=O) groups excluding carboxylic acids is 1. The van der Waals surface area contributed by atoms with Crippen LogP contribution in [0.2, 0.25) is 10.0 Å². The largest absolute Gasteiger partial charge is 0.383 e. The third-order valence-electron chi connectivity index (χ3n) is 4.03. The molecule has 0 saturated heterocycles. The van der Waals surface area contributed by atoms with Gasteiger partial charge >= 0.3 is 0 Å². The molecule has 0 unspecified atom stereocenters. The quantitative estimate of drug-likeness (QED) is 0.450. The molecule has 4 rings (SSSR count). The molecule has 9 heteroatoms. The van der Waals surface area contributed by atoms with Gasteiger partial charge in [-0.25, -0.2) is 4.98 Å². The van der Waals surface area contributed by atoms with Gasteiger partial charge in [0, 0.05) is 19.2 Å². The van der Waals surface area contributed by atoms with Gasteiger partial charge in [-0.2, -0.15) is 4.99 Å². The normalized spacial score (nSPS) is 12.3. The van der Waals surface area contributed by atoms with E-state index in [4.69, 9.17) is 27.9 Å². The van der Waals surface area contributed by atoms with E-state index in [0.29, 0.717) is 33.6 Å². The van der Waals surface area contributed by atoms with Gasteiger partial charge in [-0.3, -0.25) is 4.79 Å². The van der Waals surface area contributed by atoms with Crippen LogP contribution in [0, 0.1) is 0 Å². The van der Waals surface area contributed by atoms with Crippen molar-refractivity contribution in [2.45, 2.75) is 6.54 Å². The predicted octanol–water partition coefficient (Wildman–Crippen LogP) is 5.01. The highest BCUT2D eigenvalue weighted by atomic mass is 35.5. The first-order chi connectivity index (χ1) is 13.1. The standard InChI is InChI=1S/C18H13Cl2N3O2S2/c1-25-7-6-23-16-13(5-3-11(19)15(16)20)27-18(23)22-17(24)10-2-4-12-14(8-10)26-9-21-12/h2-5,8-9H,6-7H2,1H3. The number of nitrogens with zero attached hydrogens (tertiary/aromatic N) is 3. The highest BCUT2D eigenvalue weighted by Gasteiger charge is 2.14. The second-order valence-electron chi connectivity index (χ2n) is 5.69. The molecule has 2 heterocycles. The zero-order valence-corrected chi connectivity index (χ0v) is 17.3. The molecule has 2 aromatic heterocycles. The summed E-state index contributed by atoms with van der Waals surface area (Å²) in [6, 6.07) is 9.01. The van der Waals surface area contributed by atoms with Crippen molar-refractivity contribution in [2.75, 3.05) is 13.7 Å². The van der Waals surface area contributed by atoms with Gasteiger partial charge in [0.05, 0.1) is 42.6 Å². The number of methoxy groups -OCH3 is 1. The summed E-state index contributed by atoms with van der Waals surface area (Å²) in [6.07, 6.45) is 0. The molecule has 0 radical (unpaired) electrons. The van der Waals surface area contributed by atoms with Crippen LogP contribution >= 0.6 is 45.9 Å². The molecule has 0 bridgehead atoms. The lowest BCUT2D eigenvalue weighted by Gasteiger charge is -2.06. The average Bonchev–Trinajstić information content (AvgIpc) is 3.27. The smallest absolute Gasteiger partial charge is 0.279 e. The lowest BCUT2D eigenvalue weighted by molar-refractivity contribution is 0.0997. The summed E-state index contributed by atoms with van der Waals surface area (Å²) in [5.74, 6) is -0.315. The summed E-state index contributed by atoms with van der Waals surface area (Å²) >= 11 is 15.5. The second-order valence-corrected chi connectivity index (χ2v) is 8.37. The molecule has 4 aromatic rings. The van der Waals surface area contributed by atoms with E-state index in [0.717, 1.165) is 20.4 Å². The summed E-state index contributed by atoms with van der Waals surface area (Å²) in [5, 5.41) is 0.906. The number of hydrogen-bond donors (Lipinski definition) is 0. The summed E-state index contributed by atoms with van der Waals surface area (Å²) < 4.78 is 8.93. The number of benzene rings is 2. The van der Waals surface area contributed by atoms with Crippen molar-refractivity contribution in [1.82, 2.24) is 9.55 Å². The van der Waals surface area contributed by atoms with Crippen LogP contribution in [0.15, 0.2) is 40.8 Å². The lowest BCUT2D eigenvalue weighted by Crippen LogP contribution is -2.19. The van der Waals surface area contributed by atoms with Crippen LogP contribution in [0.1, 0.15) is 10.4 Å². The Hall–Kier alpha value is -1.77. The van der Waals surface area contributed by atoms with E-state index in [9.17, 15) is 4.79 Å². The van der Waals surface area contributed by atoms with Crippen molar-refractivity contribution in [3.05, 3.63) is 56.3 Å². The third kappa shape index (κ3) is 3.53. The lowest BCUT2D eigenvalue weighted by atomic mass is 10.2. The Morgan fingerprint density at radius 1 is 1.26 bits per heavy atom. The molecule has 0 aliphatic carbocycles. The van der Waals surface area contributed by atoms with Crippen molar-refractivity contribution >= 4 is 72.2 Å². The van der Waals surface area contributed by atoms with Gasteiger partial charge in [-0.1, -0.05) is 34.5 Å². The van der Waals surface area contributed by atoms with E-state index < -0.39 is 0 Å². The van der Waals surface area contributed by atoms with Crippen molar-refractivity contribution in [3.8, 4) is 0 Å². The molecule has 27 heavy (non-hydrogen) atoms. The Morgan fingerprint density at radius 3 is 2.93 bits per heavy atom. The van der Waals surface area contributed by atoms with Gasteiger partial charge in [0.2, 0.25) is 0 Å². The topological polar surface area (TPSA) is 56.5 Å². The van der Waals surface area contributed by atoms with Crippen LogP contribution in [-0.2, 0) is 11.3 Å². The van der Waals surface area contributed by atoms with E-state index in [1.165, 1.54) is 22.7 Å². The zero-order chi connectivity index (χ0) is 19.0. The molecule has 0 aliphatic heterocycles. The number of halogens is 2. The molecular weight excluding hydrogens is 425 g/mol. The van der Waals surface area contributed by atoms with E-state index in [1.54, 1.807) is 24.8 Å². The summed E-state index contributed by atoms with van der Waals surface area (Å²) in [6.45, 7) is 0.972. The van der Waals surface area contributed by atoms with Crippen LogP contribution < -0.4 is 4.80 Å². The highest BCUT2D eigenvalue weighted by Crippen LogP contribution is 2.32. The summed E-state index contributed by atoms with van der Waals surface area (Å²) in [7, 11) is 1.62. The number of ether oxygens (including phenoxy) is 1. The van der Waals surface area contributed by atoms with Gasteiger partial charge in [0.25, 0.3) is 5.91 Å². The number of amides is 1. The number of rotatable bonds is 4. The fourth-order valence-corrected chi connectivity index (χ4v) is 4.97. The van der Waals surface area contributed by atoms with E-state index in [-0.39, 0.29) is 5.91 Å². The number of thiazole rings is 2. The molecule has 2 aromatic carbocycles. The fraction of sp³-hybridized carbons (Fsp3) is 0.167. The minimum Gasteiger partial charge on any atom is -0.383 e. The molecule has 0 fully saturated rings. The maximum atomic E-state index is 12.8. The number of aromatic nitrogens is 2. The van der Waals surface area contributed by atoms with Crippen LogP contribution in [0.4, 0.5) is 0 Å². The Kier molecular flexibility index (Phi) is 5.29. The summed E-state index contributed by atoms with van der Waals surface area (Å²) in [5.41, 5.74) is 3.91. The Morgan fingerprint density at radius 2 is 2.11 bits per heavy atom. The van der Waals surface area contributed by atoms with E-state index in [2.05, 4.69) is 9.98 Å². The maximum Gasteiger partial charge on any atom is 0.279 e. The fourth-order valence-electron chi connectivity index (χ4n) is 2.72. The molecule has 0 aliphatic rings. The Labute approximate surface area is 172 Å². The molecule has 0 spiro atoms. The van der Waals surface area contributed by atoms with Gasteiger partial charge in [0.15, 0.2) is 4.80 Å². The van der Waals surface area contributed by atoms with Gasteiger partial charge in [-0.15, -0.1) is 11.3 Å². The first kappa shape index (κ1) is 18.6. The highest BCUT2D eigenvalue weighted by molar-refractivity contribution is 7.17. The summed E-state index contributed by atoms with van der Waals surface area (Å²) in [4.78, 5) is 21.9. The molecule has 138 valence electrons. The van der Waals surface area contributed by atoms with Crippen molar-refractivity contribution in [1.29, 1.82) is 0 Å². The third-order valence-corrected chi connectivity index (χ3v) is 6.66. The first-order valence-electron chi connectivity index (χ1n) is 7.97. The predicted molar refractivity (Wildman–Crippen MR) is 111 cm³/mol. The van der Waals surface area contributed by atoms with Gasteiger partial charge in [0.1, 0.15) is 0 Å². The second kappa shape index (κ2) is 7.69. The molecule has 0 N–H and O–H groups in total. The number of hydrogen-bond acceptors (Lipinski definition) is 5. The molecule has 0 saturated carbocycles. The van der Waals surface area contributed by atoms with Gasteiger partial charge < -0.3 is 9.30 Å². The average molecular weight is 438 g/mol. The van der Waals surface area contributed by atoms with Crippen LogP contribution in [0.5, 0.6) is 0 Å². The number of carbonyl (C=O) groups is 1. The molecular formula is C18H13Cl2N3O2S2. The zero-order valence-electron chi connectivity index (χ0n) is 14.1. The van der Waals surface area contributed by atoms with Crippen LogP contribution in [-0.4, -0.2) is 29.2 Å². The first-order valence-corrected chi connectivity index (χ1v) is 10.4.